The number of carbonyl (C=O) groups is 1. The predicted molar refractivity (Wildman–Crippen MR) is 52.1 cm³/mol. The number of nitrogens with one attached hydrogen (secondary N) is 1. The van der Waals surface area contributed by atoms with Gasteiger partial charge in [-0.3, -0.25) is 4.79 Å². The molecule has 0 radical (unpaired) electrons. The van der Waals surface area contributed by atoms with Gasteiger partial charge in [0.2, 0.25) is 5.91 Å². The summed E-state index contributed by atoms with van der Waals surface area (Å²) in [5.41, 5.74) is 5.53. The maximum absolute atomic E-state index is 11.3. The van der Waals surface area contributed by atoms with Gasteiger partial charge in [-0.2, -0.15) is 0 Å². The highest BCUT2D eigenvalue weighted by Crippen LogP contribution is 2.00. The molecule has 0 saturated heterocycles. The van der Waals surface area contributed by atoms with Crippen LogP contribution >= 0.6 is 0 Å². The van der Waals surface area contributed by atoms with Crippen LogP contribution in [0.15, 0.2) is 0 Å². The van der Waals surface area contributed by atoms with E-state index in [1.807, 2.05) is 20.8 Å². The fourth-order valence-electron chi connectivity index (χ4n) is 0.898. The van der Waals surface area contributed by atoms with E-state index in [1.54, 1.807) is 0 Å². The van der Waals surface area contributed by atoms with Crippen LogP contribution in [0.25, 0.3) is 0 Å². The number of aliphatic hydroxyl groups is 1. The Balaban J connectivity index is 4.01. The summed E-state index contributed by atoms with van der Waals surface area (Å²) in [7, 11) is 0. The first kappa shape index (κ1) is 12.4. The lowest BCUT2D eigenvalue weighted by Gasteiger charge is -2.21. The van der Waals surface area contributed by atoms with Crippen molar-refractivity contribution in [2.75, 3.05) is 6.61 Å². The molecule has 4 N–H and O–H groups in total. The predicted octanol–water partition coefficient (Wildman–Crippen LogP) is -0.143. The zero-order valence-corrected chi connectivity index (χ0v) is 8.58. The molecule has 0 bridgehead atoms. The van der Waals surface area contributed by atoms with Crippen molar-refractivity contribution >= 4 is 5.91 Å². The van der Waals surface area contributed by atoms with Gasteiger partial charge < -0.3 is 16.2 Å². The fourth-order valence-corrected chi connectivity index (χ4v) is 0.898. The first-order valence-electron chi connectivity index (χ1n) is 4.69. The van der Waals surface area contributed by atoms with Gasteiger partial charge in [-0.05, 0) is 12.3 Å². The molecule has 0 heterocycles. The van der Waals surface area contributed by atoms with E-state index in [0.29, 0.717) is 6.42 Å². The molecule has 0 aromatic rings. The van der Waals surface area contributed by atoms with Gasteiger partial charge >= 0.3 is 0 Å². The van der Waals surface area contributed by atoms with Gasteiger partial charge in [-0.25, -0.2) is 0 Å². The highest BCUT2D eigenvalue weighted by atomic mass is 16.3. The smallest absolute Gasteiger partial charge is 0.237 e. The number of hydrogen-bond donors (Lipinski definition) is 3. The molecular formula is C9H20N2O2. The average Bonchev–Trinajstić information content (AvgIpc) is 2.11. The molecule has 0 aromatic heterocycles. The largest absolute Gasteiger partial charge is 0.394 e. The maximum Gasteiger partial charge on any atom is 0.237 e. The second-order valence-electron chi connectivity index (χ2n) is 3.56. The lowest BCUT2D eigenvalue weighted by atomic mass is 10.0. The molecule has 0 rings (SSSR count). The second kappa shape index (κ2) is 5.94. The van der Waals surface area contributed by atoms with E-state index in [-0.39, 0.29) is 24.5 Å². The van der Waals surface area contributed by atoms with E-state index < -0.39 is 6.04 Å². The van der Waals surface area contributed by atoms with E-state index >= 15 is 0 Å². The molecule has 0 aliphatic heterocycles. The summed E-state index contributed by atoms with van der Waals surface area (Å²) in [6, 6.07) is -0.655. The quantitative estimate of drug-likeness (QED) is 0.562. The number of aliphatic hydroxyl groups excluding tert-OH is 1. The minimum Gasteiger partial charge on any atom is -0.394 e. The zero-order valence-electron chi connectivity index (χ0n) is 8.58. The van der Waals surface area contributed by atoms with Gasteiger partial charge in [0, 0.05) is 0 Å². The zero-order chi connectivity index (χ0) is 10.4. The molecule has 0 aliphatic carbocycles. The minimum absolute atomic E-state index is 0.0418. The Hall–Kier alpha value is -0.610. The number of amides is 1. The van der Waals surface area contributed by atoms with E-state index in [0.717, 1.165) is 0 Å². The molecular weight excluding hydrogens is 168 g/mol. The second-order valence-corrected chi connectivity index (χ2v) is 3.56. The van der Waals surface area contributed by atoms with Crippen molar-refractivity contribution in [2.45, 2.75) is 39.3 Å². The minimum atomic E-state index is -0.465. The summed E-state index contributed by atoms with van der Waals surface area (Å²) in [4.78, 5) is 11.3. The van der Waals surface area contributed by atoms with Crippen molar-refractivity contribution in [3.8, 4) is 0 Å². The summed E-state index contributed by atoms with van der Waals surface area (Å²) < 4.78 is 0. The van der Waals surface area contributed by atoms with Crippen LogP contribution in [0.4, 0.5) is 0 Å². The van der Waals surface area contributed by atoms with E-state index in [9.17, 15) is 4.79 Å². The van der Waals surface area contributed by atoms with Gasteiger partial charge in [-0.1, -0.05) is 20.8 Å². The SMILES string of the molecule is CCC(N)C(=O)NC(CO)C(C)C. The Morgan fingerprint density at radius 3 is 2.38 bits per heavy atom. The van der Waals surface area contributed by atoms with Gasteiger partial charge in [0.25, 0.3) is 0 Å². The van der Waals surface area contributed by atoms with Gasteiger partial charge in [0.05, 0.1) is 18.7 Å². The molecule has 4 nitrogen and oxygen atoms in total. The summed E-state index contributed by atoms with van der Waals surface area (Å²) in [6.45, 7) is 5.70. The maximum atomic E-state index is 11.3. The van der Waals surface area contributed by atoms with Crippen molar-refractivity contribution in [1.82, 2.24) is 5.32 Å². The number of rotatable bonds is 5. The third-order valence-corrected chi connectivity index (χ3v) is 2.11. The first-order valence-corrected chi connectivity index (χ1v) is 4.69. The molecule has 0 aliphatic rings. The van der Waals surface area contributed by atoms with Crippen LogP contribution in [0, 0.1) is 5.92 Å². The van der Waals surface area contributed by atoms with Gasteiger partial charge in [0.15, 0.2) is 0 Å². The van der Waals surface area contributed by atoms with Crippen LogP contribution in [-0.2, 0) is 4.79 Å². The topological polar surface area (TPSA) is 75.4 Å². The van der Waals surface area contributed by atoms with Crippen LogP contribution in [0.5, 0.6) is 0 Å². The van der Waals surface area contributed by atoms with Gasteiger partial charge in [-0.15, -0.1) is 0 Å². The average molecular weight is 188 g/mol. The van der Waals surface area contributed by atoms with Crippen molar-refractivity contribution in [3.63, 3.8) is 0 Å². The summed E-state index contributed by atoms with van der Waals surface area (Å²) in [5.74, 6) is 0.0354. The Bertz CT molecular complexity index is 160. The van der Waals surface area contributed by atoms with Crippen molar-refractivity contribution in [1.29, 1.82) is 0 Å². The molecule has 78 valence electrons. The Morgan fingerprint density at radius 1 is 1.54 bits per heavy atom. The van der Waals surface area contributed by atoms with E-state index in [1.165, 1.54) is 0 Å². The normalized spacial score (nSPS) is 15.5. The monoisotopic (exact) mass is 188 g/mol. The van der Waals surface area contributed by atoms with Crippen molar-refractivity contribution in [2.24, 2.45) is 11.7 Å². The highest BCUT2D eigenvalue weighted by molar-refractivity contribution is 5.81. The Morgan fingerprint density at radius 2 is 2.08 bits per heavy atom. The Kier molecular flexibility index (Phi) is 5.66. The van der Waals surface area contributed by atoms with Gasteiger partial charge in [0.1, 0.15) is 0 Å². The summed E-state index contributed by atoms with van der Waals surface area (Å²) in [5, 5.41) is 11.6. The molecule has 0 fully saturated rings. The summed E-state index contributed by atoms with van der Waals surface area (Å²) in [6.07, 6.45) is 0.613. The van der Waals surface area contributed by atoms with E-state index in [4.69, 9.17) is 10.8 Å². The van der Waals surface area contributed by atoms with Crippen molar-refractivity contribution in [3.05, 3.63) is 0 Å². The lowest BCUT2D eigenvalue weighted by molar-refractivity contribution is -0.123. The molecule has 4 heteroatoms. The molecule has 0 saturated carbocycles. The highest BCUT2D eigenvalue weighted by Gasteiger charge is 2.18. The number of carbonyl (C=O) groups excluding carboxylic acids is 1. The third kappa shape index (κ3) is 4.24. The molecule has 0 aromatic carbocycles. The number of hydrogen-bond acceptors (Lipinski definition) is 3. The van der Waals surface area contributed by atoms with E-state index in [2.05, 4.69) is 5.32 Å². The fraction of sp³-hybridized carbons (Fsp3) is 0.889. The molecule has 13 heavy (non-hydrogen) atoms. The standard InChI is InChI=1S/C9H20N2O2/c1-4-7(10)9(13)11-8(5-12)6(2)3/h6-8,12H,4-5,10H2,1-3H3,(H,11,13). The van der Waals surface area contributed by atoms with Crippen LogP contribution < -0.4 is 11.1 Å². The van der Waals surface area contributed by atoms with Crippen LogP contribution in [-0.4, -0.2) is 29.7 Å². The molecule has 1 amide bonds. The molecule has 2 unspecified atom stereocenters. The van der Waals surface area contributed by atoms with Crippen LogP contribution in [0.3, 0.4) is 0 Å². The van der Waals surface area contributed by atoms with Crippen LogP contribution in [0.1, 0.15) is 27.2 Å². The number of nitrogens with two attached hydrogens (primary N) is 1. The molecule has 0 spiro atoms. The summed E-state index contributed by atoms with van der Waals surface area (Å²) >= 11 is 0. The van der Waals surface area contributed by atoms with Crippen molar-refractivity contribution < 1.29 is 9.90 Å². The molecule has 2 atom stereocenters. The Labute approximate surface area is 79.5 Å². The van der Waals surface area contributed by atoms with Crippen LogP contribution in [0.2, 0.25) is 0 Å². The first-order chi connectivity index (χ1) is 6.02. The lowest BCUT2D eigenvalue weighted by Crippen LogP contribution is -2.48. The third-order valence-electron chi connectivity index (χ3n) is 2.11.